The summed E-state index contributed by atoms with van der Waals surface area (Å²) in [6.07, 6.45) is -0.533. The van der Waals surface area contributed by atoms with Gasteiger partial charge < -0.3 is 19.3 Å². The largest absolute Gasteiger partial charge is 0.492 e. The summed E-state index contributed by atoms with van der Waals surface area (Å²) in [5.74, 6) is 2.23. The minimum atomic E-state index is -0.533. The molecule has 2 aromatic carbocycles. The summed E-state index contributed by atoms with van der Waals surface area (Å²) >= 11 is 12.4. The van der Waals surface area contributed by atoms with Gasteiger partial charge in [0.05, 0.1) is 24.8 Å². The molecule has 1 fully saturated rings. The fourth-order valence-corrected chi connectivity index (χ4v) is 4.07. The maximum Gasteiger partial charge on any atom is 0.137 e. The topological polar surface area (TPSA) is 51.2 Å². The zero-order chi connectivity index (χ0) is 23.8. The number of aliphatic hydroxyl groups is 1. The first-order valence-electron chi connectivity index (χ1n) is 11.5. The maximum atomic E-state index is 10.3. The first kappa shape index (κ1) is 26.1. The van der Waals surface area contributed by atoms with E-state index in [1.165, 1.54) is 0 Å². The molecule has 0 spiro atoms. The molecule has 2 aromatic rings. The fraction of sp³-hybridized carbons (Fsp3) is 0.538. The van der Waals surface area contributed by atoms with Crippen molar-refractivity contribution in [3.63, 3.8) is 0 Å². The highest BCUT2D eigenvalue weighted by molar-refractivity contribution is 6.32. The Morgan fingerprint density at radius 2 is 1.70 bits per heavy atom. The second-order valence-electron chi connectivity index (χ2n) is 9.24. The highest BCUT2D eigenvalue weighted by atomic mass is 35.5. The van der Waals surface area contributed by atoms with Crippen LogP contribution in [0, 0.1) is 5.92 Å². The van der Waals surface area contributed by atoms with E-state index in [-0.39, 0.29) is 17.9 Å². The van der Waals surface area contributed by atoms with E-state index in [0.717, 1.165) is 43.2 Å². The van der Waals surface area contributed by atoms with Gasteiger partial charge in [-0.25, -0.2) is 0 Å². The second-order valence-corrected chi connectivity index (χ2v) is 9.96. The summed E-state index contributed by atoms with van der Waals surface area (Å²) < 4.78 is 17.0. The van der Waals surface area contributed by atoms with Gasteiger partial charge in [0.15, 0.2) is 0 Å². The monoisotopic (exact) mass is 495 g/mol. The molecule has 7 heteroatoms. The number of rotatable bonds is 11. The first-order valence-corrected chi connectivity index (χ1v) is 12.4. The van der Waals surface area contributed by atoms with Crippen molar-refractivity contribution in [3.8, 4) is 11.5 Å². The van der Waals surface area contributed by atoms with Gasteiger partial charge in [0, 0.05) is 36.8 Å². The third-order valence-corrected chi connectivity index (χ3v) is 6.85. The minimum absolute atomic E-state index is 0.250. The molecule has 0 aliphatic carbocycles. The van der Waals surface area contributed by atoms with Gasteiger partial charge in [-0.15, -0.1) is 11.6 Å². The lowest BCUT2D eigenvalue weighted by molar-refractivity contribution is 0.00465. The van der Waals surface area contributed by atoms with E-state index < -0.39 is 6.10 Å². The van der Waals surface area contributed by atoms with Crippen molar-refractivity contribution in [3.05, 3.63) is 58.6 Å². The SMILES string of the molecule is C[C@H](CCl)COc1ccc(C(C)(C)c2ccc(OC[C@@H](O)CN3CCOCC3)cc2)cc1Cl. The molecule has 0 radical (unpaired) electrons. The number of ether oxygens (including phenoxy) is 3. The Morgan fingerprint density at radius 1 is 1.03 bits per heavy atom. The Morgan fingerprint density at radius 3 is 2.33 bits per heavy atom. The molecular weight excluding hydrogens is 461 g/mol. The summed E-state index contributed by atoms with van der Waals surface area (Å²) in [6, 6.07) is 14.0. The lowest BCUT2D eigenvalue weighted by Crippen LogP contribution is -2.42. The van der Waals surface area contributed by atoms with E-state index in [0.29, 0.717) is 29.8 Å². The van der Waals surface area contributed by atoms with Crippen LogP contribution in [-0.4, -0.2) is 68.1 Å². The summed E-state index contributed by atoms with van der Waals surface area (Å²) in [5, 5.41) is 10.9. The average Bonchev–Trinajstić information content (AvgIpc) is 2.82. The molecule has 0 amide bonds. The van der Waals surface area contributed by atoms with E-state index >= 15 is 0 Å². The molecule has 0 unspecified atom stereocenters. The Bertz CT molecular complexity index is 869. The minimum Gasteiger partial charge on any atom is -0.492 e. The quantitative estimate of drug-likeness (QED) is 0.445. The molecule has 0 aromatic heterocycles. The van der Waals surface area contributed by atoms with Crippen molar-refractivity contribution in [1.82, 2.24) is 4.90 Å². The standard InChI is InChI=1S/C26H35Cl2NO4/c1-19(15-27)17-33-25-9-6-21(14-24(25)28)26(2,3)20-4-7-23(8-5-20)32-18-22(30)16-29-10-12-31-13-11-29/h4-9,14,19,22,30H,10-13,15-18H2,1-3H3/t19-,22+/m1/s1. The molecule has 1 saturated heterocycles. The molecule has 5 nitrogen and oxygen atoms in total. The number of hydrogen-bond donors (Lipinski definition) is 1. The molecule has 0 saturated carbocycles. The van der Waals surface area contributed by atoms with Crippen LogP contribution in [0.2, 0.25) is 5.02 Å². The van der Waals surface area contributed by atoms with Crippen LogP contribution >= 0.6 is 23.2 Å². The van der Waals surface area contributed by atoms with Crippen LogP contribution in [0.1, 0.15) is 31.9 Å². The smallest absolute Gasteiger partial charge is 0.137 e. The predicted molar refractivity (Wildman–Crippen MR) is 134 cm³/mol. The van der Waals surface area contributed by atoms with E-state index in [1.54, 1.807) is 0 Å². The normalized spacial score (nSPS) is 16.9. The zero-order valence-corrected chi connectivity index (χ0v) is 21.2. The van der Waals surface area contributed by atoms with Gasteiger partial charge in [0.25, 0.3) is 0 Å². The van der Waals surface area contributed by atoms with Crippen molar-refractivity contribution < 1.29 is 19.3 Å². The Hall–Kier alpha value is -1.50. The van der Waals surface area contributed by atoms with Gasteiger partial charge in [0.1, 0.15) is 24.2 Å². The van der Waals surface area contributed by atoms with Crippen molar-refractivity contribution in [1.29, 1.82) is 0 Å². The first-order chi connectivity index (χ1) is 15.8. The van der Waals surface area contributed by atoms with E-state index in [1.807, 2.05) is 31.2 Å². The molecule has 1 aliphatic heterocycles. The van der Waals surface area contributed by atoms with Gasteiger partial charge in [-0.3, -0.25) is 4.90 Å². The van der Waals surface area contributed by atoms with Crippen LogP contribution < -0.4 is 9.47 Å². The number of morpholine rings is 1. The molecule has 3 rings (SSSR count). The zero-order valence-electron chi connectivity index (χ0n) is 19.7. The summed E-state index contributed by atoms with van der Waals surface area (Å²) in [5.41, 5.74) is 1.99. The van der Waals surface area contributed by atoms with Crippen molar-refractivity contribution in [2.75, 3.05) is 51.9 Å². The highest BCUT2D eigenvalue weighted by Gasteiger charge is 2.24. The van der Waals surface area contributed by atoms with Gasteiger partial charge in [-0.05, 0) is 35.4 Å². The van der Waals surface area contributed by atoms with Crippen LogP contribution in [0.25, 0.3) is 0 Å². The molecular formula is C26H35Cl2NO4. The number of nitrogens with zero attached hydrogens (tertiary/aromatic N) is 1. The van der Waals surface area contributed by atoms with Gasteiger partial charge in [-0.2, -0.15) is 0 Å². The molecule has 1 heterocycles. The van der Waals surface area contributed by atoms with Crippen molar-refractivity contribution in [2.24, 2.45) is 5.92 Å². The number of halogens is 2. The maximum absolute atomic E-state index is 10.3. The van der Waals surface area contributed by atoms with Gasteiger partial charge in [0.2, 0.25) is 0 Å². The molecule has 33 heavy (non-hydrogen) atoms. The van der Waals surface area contributed by atoms with E-state index in [4.69, 9.17) is 37.4 Å². The number of aliphatic hydroxyl groups excluding tert-OH is 1. The van der Waals surface area contributed by atoms with Crippen molar-refractivity contribution >= 4 is 23.2 Å². The second kappa shape index (κ2) is 12.3. The van der Waals surface area contributed by atoms with Gasteiger partial charge >= 0.3 is 0 Å². The fourth-order valence-electron chi connectivity index (χ4n) is 3.74. The molecule has 1 aliphatic rings. The molecule has 0 bridgehead atoms. The third-order valence-electron chi connectivity index (χ3n) is 6.03. The molecule has 2 atom stereocenters. The van der Waals surface area contributed by atoms with Crippen LogP contribution in [0.15, 0.2) is 42.5 Å². The van der Waals surface area contributed by atoms with Crippen LogP contribution in [0.5, 0.6) is 11.5 Å². The lowest BCUT2D eigenvalue weighted by atomic mass is 9.78. The predicted octanol–water partition coefficient (Wildman–Crippen LogP) is 4.99. The number of hydrogen-bond acceptors (Lipinski definition) is 5. The number of alkyl halides is 1. The average molecular weight is 496 g/mol. The van der Waals surface area contributed by atoms with Gasteiger partial charge in [-0.1, -0.05) is 50.6 Å². The van der Waals surface area contributed by atoms with Crippen LogP contribution in [-0.2, 0) is 10.2 Å². The third kappa shape index (κ3) is 7.49. The lowest BCUT2D eigenvalue weighted by Gasteiger charge is -2.28. The van der Waals surface area contributed by atoms with Crippen LogP contribution in [0.4, 0.5) is 0 Å². The number of β-amino-alcohol motifs (C(OH)–C–C–N with tert-alkyl or cyclic N) is 1. The van der Waals surface area contributed by atoms with E-state index in [2.05, 4.69) is 36.9 Å². The summed E-state index contributed by atoms with van der Waals surface area (Å²) in [7, 11) is 0. The summed E-state index contributed by atoms with van der Waals surface area (Å²) in [6.45, 7) is 10.9. The highest BCUT2D eigenvalue weighted by Crippen LogP contribution is 2.36. The Balaban J connectivity index is 1.57. The molecule has 1 N–H and O–H groups in total. The van der Waals surface area contributed by atoms with E-state index in [9.17, 15) is 5.11 Å². The summed E-state index contributed by atoms with van der Waals surface area (Å²) in [4.78, 5) is 2.20. The molecule has 182 valence electrons. The number of benzene rings is 2. The Kier molecular flexibility index (Phi) is 9.71. The van der Waals surface area contributed by atoms with Crippen LogP contribution in [0.3, 0.4) is 0 Å². The Labute approximate surface area is 207 Å². The van der Waals surface area contributed by atoms with Crippen molar-refractivity contribution in [2.45, 2.75) is 32.3 Å².